The molecular weight excluding hydrogens is 491 g/mol. The number of halogens is 5. The van der Waals surface area contributed by atoms with Gasteiger partial charge in [0.05, 0.1) is 6.61 Å². The number of nitrogens with zero attached hydrogens (tertiary/aromatic N) is 1. The summed E-state index contributed by atoms with van der Waals surface area (Å²) in [5, 5.41) is 10.1. The van der Waals surface area contributed by atoms with Gasteiger partial charge in [0.1, 0.15) is 12.4 Å². The third kappa shape index (κ3) is 10.2. The lowest BCUT2D eigenvalue weighted by molar-refractivity contribution is -0.192. The Morgan fingerprint density at radius 2 is 1.67 bits per heavy atom. The molecule has 1 spiro atoms. The fourth-order valence-corrected chi connectivity index (χ4v) is 4.24. The number of alkyl carbamates (subject to hydrolysis) is 1. The van der Waals surface area contributed by atoms with Crippen LogP contribution in [-0.4, -0.2) is 67.0 Å². The Morgan fingerprint density at radius 3 is 2.14 bits per heavy atom. The number of carbonyl (C=O) groups excluding carboxylic acids is 1. The van der Waals surface area contributed by atoms with E-state index in [2.05, 4.69) is 10.2 Å². The SMILES string of the molecule is CC(C)COC(=O)NC1CC2(CCN(Cc3ccc(OCC(F)F)cc3)CC2)C1.O=C(O)C(F)(F)F. The van der Waals surface area contributed by atoms with E-state index in [0.29, 0.717) is 23.7 Å². The molecule has 3 rings (SSSR count). The van der Waals surface area contributed by atoms with E-state index in [1.165, 1.54) is 0 Å². The molecule has 2 fully saturated rings. The zero-order valence-corrected chi connectivity index (χ0v) is 20.3. The first-order valence-corrected chi connectivity index (χ1v) is 11.7. The van der Waals surface area contributed by atoms with Gasteiger partial charge in [0.15, 0.2) is 0 Å². The number of carboxylic acid groups (broad SMARTS) is 1. The predicted molar refractivity (Wildman–Crippen MR) is 121 cm³/mol. The molecule has 0 atom stereocenters. The highest BCUT2D eigenvalue weighted by Gasteiger charge is 2.46. The Balaban J connectivity index is 0.000000572. The normalized spacial score (nSPS) is 17.8. The third-order valence-corrected chi connectivity index (χ3v) is 6.09. The van der Waals surface area contributed by atoms with Crippen molar-refractivity contribution in [2.75, 3.05) is 26.3 Å². The van der Waals surface area contributed by atoms with Crippen LogP contribution in [0.1, 0.15) is 45.1 Å². The number of nitrogens with one attached hydrogen (secondary N) is 1. The van der Waals surface area contributed by atoms with Crippen molar-refractivity contribution >= 4 is 12.1 Å². The van der Waals surface area contributed by atoms with Gasteiger partial charge in [-0.15, -0.1) is 0 Å². The number of hydrogen-bond donors (Lipinski definition) is 2. The number of piperidine rings is 1. The van der Waals surface area contributed by atoms with E-state index in [0.717, 1.165) is 50.9 Å². The van der Waals surface area contributed by atoms with Crippen LogP contribution >= 0.6 is 0 Å². The Morgan fingerprint density at radius 1 is 1.11 bits per heavy atom. The molecular formula is C24H33F5N2O5. The summed E-state index contributed by atoms with van der Waals surface area (Å²) in [6.45, 7) is 6.86. The fraction of sp³-hybridized carbons (Fsp3) is 0.667. The number of amides is 1. The highest BCUT2D eigenvalue weighted by Crippen LogP contribution is 2.49. The molecule has 1 aromatic carbocycles. The minimum absolute atomic E-state index is 0.238. The molecule has 1 aliphatic carbocycles. The maximum Gasteiger partial charge on any atom is 0.490 e. The van der Waals surface area contributed by atoms with Crippen molar-refractivity contribution in [3.05, 3.63) is 29.8 Å². The Labute approximate surface area is 206 Å². The van der Waals surface area contributed by atoms with E-state index in [-0.39, 0.29) is 12.1 Å². The lowest BCUT2D eigenvalue weighted by Gasteiger charge is -2.52. The van der Waals surface area contributed by atoms with Crippen LogP contribution in [0.25, 0.3) is 0 Å². The largest absolute Gasteiger partial charge is 0.490 e. The van der Waals surface area contributed by atoms with Gasteiger partial charge >= 0.3 is 18.2 Å². The molecule has 2 aliphatic rings. The molecule has 1 amide bonds. The molecule has 0 radical (unpaired) electrons. The molecule has 1 aliphatic heterocycles. The summed E-state index contributed by atoms with van der Waals surface area (Å²) >= 11 is 0. The summed E-state index contributed by atoms with van der Waals surface area (Å²) in [5.74, 6) is -1.93. The summed E-state index contributed by atoms with van der Waals surface area (Å²) in [5.41, 5.74) is 1.52. The summed E-state index contributed by atoms with van der Waals surface area (Å²) in [6.07, 6.45) is -3.48. The Hall–Kier alpha value is -2.63. The molecule has 0 unspecified atom stereocenters. The van der Waals surface area contributed by atoms with E-state index in [1.54, 1.807) is 12.1 Å². The van der Waals surface area contributed by atoms with Crippen LogP contribution in [0.5, 0.6) is 5.75 Å². The van der Waals surface area contributed by atoms with Gasteiger partial charge in [0, 0.05) is 12.6 Å². The summed E-state index contributed by atoms with van der Waals surface area (Å²) in [7, 11) is 0. The van der Waals surface area contributed by atoms with Crippen LogP contribution in [0, 0.1) is 11.3 Å². The van der Waals surface area contributed by atoms with Gasteiger partial charge in [-0.25, -0.2) is 18.4 Å². The number of carbonyl (C=O) groups is 2. The van der Waals surface area contributed by atoms with Gasteiger partial charge in [-0.05, 0) is 67.8 Å². The summed E-state index contributed by atoms with van der Waals surface area (Å²) in [6, 6.07) is 7.63. The summed E-state index contributed by atoms with van der Waals surface area (Å²) < 4.78 is 66.4. The lowest BCUT2D eigenvalue weighted by atomic mass is 9.60. The lowest BCUT2D eigenvalue weighted by Crippen LogP contribution is -2.54. The van der Waals surface area contributed by atoms with Crippen molar-refractivity contribution in [2.45, 2.75) is 64.7 Å². The number of hydrogen-bond acceptors (Lipinski definition) is 5. The first-order chi connectivity index (χ1) is 16.8. The van der Waals surface area contributed by atoms with Crippen molar-refractivity contribution in [1.82, 2.24) is 10.2 Å². The number of benzene rings is 1. The van der Waals surface area contributed by atoms with Crippen molar-refractivity contribution in [3.8, 4) is 5.75 Å². The average molecular weight is 525 g/mol. The molecule has 1 heterocycles. The first kappa shape index (κ1) is 29.6. The number of rotatable bonds is 8. The minimum atomic E-state index is -5.08. The van der Waals surface area contributed by atoms with E-state index in [4.69, 9.17) is 19.4 Å². The van der Waals surface area contributed by atoms with Gasteiger partial charge in [-0.3, -0.25) is 4.90 Å². The van der Waals surface area contributed by atoms with Crippen molar-refractivity contribution in [2.24, 2.45) is 11.3 Å². The number of alkyl halides is 5. The van der Waals surface area contributed by atoms with Gasteiger partial charge in [0.2, 0.25) is 0 Å². The number of carboxylic acids is 1. The number of likely N-dealkylation sites (tertiary alicyclic amines) is 1. The van der Waals surface area contributed by atoms with E-state index in [9.17, 15) is 26.7 Å². The standard InChI is InChI=1S/C22H32F2N2O3.C2HF3O2/c1-16(2)14-29-21(27)25-18-11-22(12-18)7-9-26(10-8-22)13-17-3-5-19(6-4-17)28-15-20(23)24;3-2(4,5)1(6)7/h3-6,16,18,20H,7-15H2,1-2H3,(H,25,27);(H,6,7). The molecule has 204 valence electrons. The average Bonchev–Trinajstić information content (AvgIpc) is 2.77. The second kappa shape index (κ2) is 13.1. The van der Waals surface area contributed by atoms with Gasteiger partial charge in [-0.2, -0.15) is 13.2 Å². The molecule has 1 aromatic rings. The van der Waals surface area contributed by atoms with Crippen molar-refractivity contribution in [1.29, 1.82) is 0 Å². The van der Waals surface area contributed by atoms with Crippen LogP contribution in [0.15, 0.2) is 24.3 Å². The molecule has 1 saturated heterocycles. The Bertz CT molecular complexity index is 832. The van der Waals surface area contributed by atoms with Gasteiger partial charge in [0.25, 0.3) is 6.43 Å². The minimum Gasteiger partial charge on any atom is -0.488 e. The molecule has 0 bridgehead atoms. The molecule has 0 aromatic heterocycles. The second-order valence-corrected chi connectivity index (χ2v) is 9.67. The van der Waals surface area contributed by atoms with E-state index in [1.807, 2.05) is 26.0 Å². The van der Waals surface area contributed by atoms with Crippen LogP contribution < -0.4 is 10.1 Å². The van der Waals surface area contributed by atoms with Crippen LogP contribution in [0.3, 0.4) is 0 Å². The summed E-state index contributed by atoms with van der Waals surface area (Å²) in [4.78, 5) is 23.1. The molecule has 12 heteroatoms. The molecule has 36 heavy (non-hydrogen) atoms. The van der Waals surface area contributed by atoms with E-state index < -0.39 is 25.2 Å². The quantitative estimate of drug-likeness (QED) is 0.461. The maximum atomic E-state index is 12.2. The fourth-order valence-electron chi connectivity index (χ4n) is 4.24. The highest BCUT2D eigenvalue weighted by molar-refractivity contribution is 5.73. The first-order valence-electron chi connectivity index (χ1n) is 11.7. The van der Waals surface area contributed by atoms with E-state index >= 15 is 0 Å². The molecule has 7 nitrogen and oxygen atoms in total. The van der Waals surface area contributed by atoms with Gasteiger partial charge in [-0.1, -0.05) is 26.0 Å². The highest BCUT2D eigenvalue weighted by atomic mass is 19.4. The number of aliphatic carboxylic acids is 1. The Kier molecular flexibility index (Phi) is 10.7. The molecule has 2 N–H and O–H groups in total. The topological polar surface area (TPSA) is 88.1 Å². The predicted octanol–water partition coefficient (Wildman–Crippen LogP) is 5.09. The van der Waals surface area contributed by atoms with Crippen LogP contribution in [0.4, 0.5) is 26.7 Å². The monoisotopic (exact) mass is 524 g/mol. The van der Waals surface area contributed by atoms with Crippen molar-refractivity contribution in [3.63, 3.8) is 0 Å². The molecule has 1 saturated carbocycles. The second-order valence-electron chi connectivity index (χ2n) is 9.67. The smallest absolute Gasteiger partial charge is 0.488 e. The van der Waals surface area contributed by atoms with Crippen LogP contribution in [0.2, 0.25) is 0 Å². The van der Waals surface area contributed by atoms with Crippen LogP contribution in [-0.2, 0) is 16.1 Å². The number of ether oxygens (including phenoxy) is 2. The zero-order valence-electron chi connectivity index (χ0n) is 20.3. The van der Waals surface area contributed by atoms with Crippen molar-refractivity contribution < 1.29 is 46.1 Å². The third-order valence-electron chi connectivity index (χ3n) is 6.09. The maximum absolute atomic E-state index is 12.2. The zero-order chi connectivity index (χ0) is 26.9. The van der Waals surface area contributed by atoms with Gasteiger partial charge < -0.3 is 19.9 Å².